The summed E-state index contributed by atoms with van der Waals surface area (Å²) in [7, 11) is 3.73. The second kappa shape index (κ2) is 8.29. The molecule has 0 saturated heterocycles. The number of urea groups is 1. The topological polar surface area (TPSA) is 81.3 Å². The van der Waals surface area contributed by atoms with Crippen molar-refractivity contribution in [1.29, 1.82) is 0 Å². The number of aromatic nitrogens is 5. The van der Waals surface area contributed by atoms with E-state index in [1.807, 2.05) is 55.2 Å². The highest BCUT2D eigenvalue weighted by atomic mass is 19.3. The van der Waals surface area contributed by atoms with Gasteiger partial charge in [0.05, 0.1) is 35.1 Å². The molecule has 182 valence electrons. The Morgan fingerprint density at radius 3 is 2.69 bits per heavy atom. The number of carbonyl (C=O) groups excluding carboxylic acids is 1. The number of halogens is 2. The van der Waals surface area contributed by atoms with Gasteiger partial charge in [-0.25, -0.2) is 23.5 Å². The van der Waals surface area contributed by atoms with Crippen molar-refractivity contribution >= 4 is 45.2 Å². The Morgan fingerprint density at radius 2 is 1.86 bits per heavy atom. The van der Waals surface area contributed by atoms with E-state index in [4.69, 9.17) is 4.74 Å². The standard InChI is InChI=1S/C25H21F2N7O2/c1-31-14-28-20-10-18(5-7-21(20)31)34-24-15(3-8-23(29-24)36-13-22(26)27)12-33(25(34)35)17-4-6-19-16(9-17)11-32(2)30-19/h3-11,14,22H,12-13H2,1-2H3. The van der Waals surface area contributed by atoms with E-state index in [0.717, 1.165) is 22.0 Å². The van der Waals surface area contributed by atoms with E-state index in [-0.39, 0.29) is 18.5 Å². The maximum atomic E-state index is 14.0. The molecule has 0 radical (unpaired) electrons. The van der Waals surface area contributed by atoms with Gasteiger partial charge < -0.3 is 9.30 Å². The molecule has 11 heteroatoms. The molecule has 0 bridgehead atoms. The zero-order chi connectivity index (χ0) is 25.0. The van der Waals surface area contributed by atoms with Gasteiger partial charge in [-0.05, 0) is 42.5 Å². The molecule has 3 aromatic heterocycles. The molecule has 0 saturated carbocycles. The summed E-state index contributed by atoms with van der Waals surface area (Å²) in [6.45, 7) is -0.527. The van der Waals surface area contributed by atoms with Crippen LogP contribution in [0.3, 0.4) is 0 Å². The SMILES string of the molecule is Cn1cc2cc(N3Cc4ccc(OCC(F)F)nc4N(c4ccc5c(c4)ncn5C)C3=O)ccc2n1. The largest absolute Gasteiger partial charge is 0.472 e. The van der Waals surface area contributed by atoms with Gasteiger partial charge >= 0.3 is 6.03 Å². The van der Waals surface area contributed by atoms with Gasteiger partial charge in [-0.1, -0.05) is 0 Å². The van der Waals surface area contributed by atoms with Crippen molar-refractivity contribution in [1.82, 2.24) is 24.3 Å². The molecule has 0 N–H and O–H groups in total. The maximum Gasteiger partial charge on any atom is 0.335 e. The zero-order valence-electron chi connectivity index (χ0n) is 19.5. The van der Waals surface area contributed by atoms with Crippen molar-refractivity contribution in [3.63, 3.8) is 0 Å². The Morgan fingerprint density at radius 1 is 1.03 bits per heavy atom. The fourth-order valence-electron chi connectivity index (χ4n) is 4.46. The van der Waals surface area contributed by atoms with Gasteiger partial charge in [0.15, 0.2) is 6.61 Å². The Bertz CT molecular complexity index is 1630. The molecular formula is C25H21F2N7O2. The van der Waals surface area contributed by atoms with Crippen LogP contribution in [0.1, 0.15) is 5.56 Å². The minimum Gasteiger partial charge on any atom is -0.472 e. The predicted molar refractivity (Wildman–Crippen MR) is 131 cm³/mol. The average Bonchev–Trinajstić information content (AvgIpc) is 3.42. The molecule has 5 aromatic rings. The molecule has 0 atom stereocenters. The number of imidazole rings is 1. The lowest BCUT2D eigenvalue weighted by Crippen LogP contribution is -2.45. The molecule has 4 heterocycles. The van der Waals surface area contributed by atoms with Crippen LogP contribution in [0.4, 0.5) is 30.8 Å². The molecule has 1 aliphatic rings. The first kappa shape index (κ1) is 22.0. The number of hydrogen-bond acceptors (Lipinski definition) is 5. The lowest BCUT2D eigenvalue weighted by molar-refractivity contribution is 0.0796. The quantitative estimate of drug-likeness (QED) is 0.355. The number of ether oxygens (including phenoxy) is 1. The van der Waals surface area contributed by atoms with Crippen molar-refractivity contribution in [3.05, 3.63) is 66.6 Å². The molecule has 0 spiro atoms. The summed E-state index contributed by atoms with van der Waals surface area (Å²) in [5, 5.41) is 5.31. The normalized spacial score (nSPS) is 13.8. The number of anilines is 3. The van der Waals surface area contributed by atoms with Gasteiger partial charge in [0.1, 0.15) is 5.82 Å². The molecule has 2 amide bonds. The summed E-state index contributed by atoms with van der Waals surface area (Å²) in [5.41, 5.74) is 4.44. The van der Waals surface area contributed by atoms with Crippen LogP contribution in [0, 0.1) is 0 Å². The highest BCUT2D eigenvalue weighted by molar-refractivity contribution is 6.11. The molecular weight excluding hydrogens is 468 g/mol. The van der Waals surface area contributed by atoms with E-state index in [0.29, 0.717) is 22.7 Å². The van der Waals surface area contributed by atoms with E-state index in [9.17, 15) is 13.6 Å². The number of rotatable bonds is 5. The maximum absolute atomic E-state index is 14.0. The third-order valence-corrected chi connectivity index (χ3v) is 6.13. The zero-order valence-corrected chi connectivity index (χ0v) is 19.5. The highest BCUT2D eigenvalue weighted by Gasteiger charge is 2.34. The first-order valence-electron chi connectivity index (χ1n) is 11.2. The van der Waals surface area contributed by atoms with Crippen molar-refractivity contribution in [2.45, 2.75) is 13.0 Å². The van der Waals surface area contributed by atoms with Gasteiger partial charge in [0.25, 0.3) is 6.43 Å². The summed E-state index contributed by atoms with van der Waals surface area (Å²) in [6.07, 6.45) is 0.956. The molecule has 0 aliphatic carbocycles. The molecule has 36 heavy (non-hydrogen) atoms. The number of fused-ring (bicyclic) bond motifs is 3. The van der Waals surface area contributed by atoms with Crippen LogP contribution in [0.2, 0.25) is 0 Å². The first-order valence-corrected chi connectivity index (χ1v) is 11.2. The lowest BCUT2D eigenvalue weighted by atomic mass is 10.1. The van der Waals surface area contributed by atoms with Gasteiger partial charge in [0.2, 0.25) is 5.88 Å². The highest BCUT2D eigenvalue weighted by Crippen LogP contribution is 2.38. The van der Waals surface area contributed by atoms with E-state index >= 15 is 0 Å². The average molecular weight is 489 g/mol. The number of pyridine rings is 1. The number of hydrogen-bond donors (Lipinski definition) is 0. The molecule has 2 aromatic carbocycles. The molecule has 0 fully saturated rings. The van der Waals surface area contributed by atoms with E-state index in [1.165, 1.54) is 4.90 Å². The van der Waals surface area contributed by atoms with E-state index in [2.05, 4.69) is 15.1 Å². The van der Waals surface area contributed by atoms with E-state index in [1.54, 1.807) is 34.1 Å². The van der Waals surface area contributed by atoms with Gasteiger partial charge in [-0.2, -0.15) is 10.1 Å². The number of nitrogens with zero attached hydrogens (tertiary/aromatic N) is 7. The van der Waals surface area contributed by atoms with Crippen molar-refractivity contribution in [3.8, 4) is 5.88 Å². The second-order valence-corrected chi connectivity index (χ2v) is 8.61. The van der Waals surface area contributed by atoms with Gasteiger partial charge in [0, 0.05) is 43.0 Å². The van der Waals surface area contributed by atoms with Crippen LogP contribution >= 0.6 is 0 Å². The summed E-state index contributed by atoms with van der Waals surface area (Å²) in [6, 6.07) is 14.1. The van der Waals surface area contributed by atoms with Crippen LogP contribution in [0.15, 0.2) is 61.1 Å². The minimum atomic E-state index is -2.63. The summed E-state index contributed by atoms with van der Waals surface area (Å²) in [4.78, 5) is 25.9. The number of alkyl halides is 2. The minimum absolute atomic E-state index is 0.0241. The third-order valence-electron chi connectivity index (χ3n) is 6.13. The second-order valence-electron chi connectivity index (χ2n) is 8.61. The Hall–Kier alpha value is -4.54. The monoisotopic (exact) mass is 489 g/mol. The van der Waals surface area contributed by atoms with Crippen molar-refractivity contribution in [2.75, 3.05) is 16.4 Å². The molecule has 6 rings (SSSR count). The summed E-state index contributed by atoms with van der Waals surface area (Å²) in [5.74, 6) is 0.358. The van der Waals surface area contributed by atoms with Crippen LogP contribution < -0.4 is 14.5 Å². The van der Waals surface area contributed by atoms with Crippen LogP contribution in [0.5, 0.6) is 5.88 Å². The van der Waals surface area contributed by atoms with Gasteiger partial charge in [-0.3, -0.25) is 9.58 Å². The number of aryl methyl sites for hydroxylation is 2. The summed E-state index contributed by atoms with van der Waals surface area (Å²) < 4.78 is 34.2. The smallest absolute Gasteiger partial charge is 0.335 e. The Balaban J connectivity index is 1.47. The van der Waals surface area contributed by atoms with Crippen molar-refractivity contribution in [2.24, 2.45) is 14.1 Å². The Kier molecular flexibility index (Phi) is 5.06. The molecule has 9 nitrogen and oxygen atoms in total. The lowest BCUT2D eigenvalue weighted by Gasteiger charge is -2.36. The van der Waals surface area contributed by atoms with Crippen LogP contribution in [-0.4, -0.2) is 43.4 Å². The first-order chi connectivity index (χ1) is 17.4. The Labute approximate surface area is 204 Å². The third kappa shape index (κ3) is 3.69. The molecule has 0 unspecified atom stereocenters. The fraction of sp³-hybridized carbons (Fsp3) is 0.200. The van der Waals surface area contributed by atoms with E-state index < -0.39 is 13.0 Å². The number of benzene rings is 2. The molecule has 1 aliphatic heterocycles. The number of amides is 2. The number of carbonyl (C=O) groups is 1. The van der Waals surface area contributed by atoms with Crippen LogP contribution in [0.25, 0.3) is 21.9 Å². The predicted octanol–water partition coefficient (Wildman–Crippen LogP) is 4.78. The van der Waals surface area contributed by atoms with Crippen LogP contribution in [-0.2, 0) is 20.6 Å². The van der Waals surface area contributed by atoms with Gasteiger partial charge in [-0.15, -0.1) is 0 Å². The van der Waals surface area contributed by atoms with Crippen molar-refractivity contribution < 1.29 is 18.3 Å². The fourth-order valence-corrected chi connectivity index (χ4v) is 4.46. The summed E-state index contributed by atoms with van der Waals surface area (Å²) >= 11 is 0.